The zero-order valence-corrected chi connectivity index (χ0v) is 14.9. The Hall–Kier alpha value is -3.26. The topological polar surface area (TPSA) is 64.6 Å². The van der Waals surface area contributed by atoms with Crippen LogP contribution in [-0.2, 0) is 16.1 Å². The van der Waals surface area contributed by atoms with Gasteiger partial charge in [-0.05, 0) is 30.2 Å². The monoisotopic (exact) mass is 351 g/mol. The van der Waals surface area contributed by atoms with Crippen molar-refractivity contribution in [2.75, 3.05) is 13.7 Å². The van der Waals surface area contributed by atoms with Gasteiger partial charge in [0.15, 0.2) is 0 Å². The summed E-state index contributed by atoms with van der Waals surface area (Å²) in [6, 6.07) is 14.9. The average Bonchev–Trinajstić information content (AvgIpc) is 2.67. The number of carbonyl (C=O) groups excluding carboxylic acids is 2. The number of hydrogen-bond donors (Lipinski definition) is 1. The van der Waals surface area contributed by atoms with E-state index in [0.717, 1.165) is 16.7 Å². The minimum absolute atomic E-state index is 0.234. The lowest BCUT2D eigenvalue weighted by Gasteiger charge is -2.05. The Balaban J connectivity index is 1.76. The van der Waals surface area contributed by atoms with Gasteiger partial charge in [0, 0.05) is 18.5 Å². The third kappa shape index (κ3) is 5.99. The van der Waals surface area contributed by atoms with E-state index in [4.69, 9.17) is 9.47 Å². The molecule has 0 unspecified atom stereocenters. The van der Waals surface area contributed by atoms with E-state index >= 15 is 0 Å². The molecular formula is C21H21NO4. The Morgan fingerprint density at radius 3 is 2.62 bits per heavy atom. The third-order valence-corrected chi connectivity index (χ3v) is 3.61. The van der Waals surface area contributed by atoms with Crippen molar-refractivity contribution in [3.05, 3.63) is 70.8 Å². The lowest BCUT2D eigenvalue weighted by molar-refractivity contribution is 0.0600. The Morgan fingerprint density at radius 1 is 1.12 bits per heavy atom. The first-order valence-corrected chi connectivity index (χ1v) is 8.22. The van der Waals surface area contributed by atoms with Crippen LogP contribution in [0.5, 0.6) is 0 Å². The summed E-state index contributed by atoms with van der Waals surface area (Å²) in [5.74, 6) is 5.55. The molecule has 0 saturated carbocycles. The van der Waals surface area contributed by atoms with Gasteiger partial charge >= 0.3 is 12.1 Å². The molecule has 0 heterocycles. The maximum Gasteiger partial charge on any atom is 0.407 e. The average molecular weight is 351 g/mol. The molecule has 0 aliphatic rings. The van der Waals surface area contributed by atoms with Gasteiger partial charge in [-0.1, -0.05) is 48.2 Å². The largest absolute Gasteiger partial charge is 0.465 e. The van der Waals surface area contributed by atoms with E-state index in [1.54, 1.807) is 6.07 Å². The number of aryl methyl sites for hydroxylation is 1. The first-order valence-electron chi connectivity index (χ1n) is 8.22. The molecule has 2 aromatic rings. The van der Waals surface area contributed by atoms with Crippen molar-refractivity contribution in [3.8, 4) is 11.8 Å². The van der Waals surface area contributed by atoms with Gasteiger partial charge < -0.3 is 14.8 Å². The lowest BCUT2D eigenvalue weighted by Crippen LogP contribution is -2.24. The smallest absolute Gasteiger partial charge is 0.407 e. The van der Waals surface area contributed by atoms with E-state index in [-0.39, 0.29) is 12.6 Å². The van der Waals surface area contributed by atoms with Gasteiger partial charge in [0.1, 0.15) is 6.61 Å². The van der Waals surface area contributed by atoms with Crippen LogP contribution in [0.2, 0.25) is 0 Å². The quantitative estimate of drug-likeness (QED) is 0.509. The maximum absolute atomic E-state index is 11.7. The second-order valence-electron chi connectivity index (χ2n) is 5.56. The zero-order chi connectivity index (χ0) is 18.8. The fraction of sp³-hybridized carbons (Fsp3) is 0.238. The van der Waals surface area contributed by atoms with E-state index in [2.05, 4.69) is 17.2 Å². The fourth-order valence-corrected chi connectivity index (χ4v) is 2.20. The number of ether oxygens (including phenoxy) is 2. The molecule has 0 aliphatic heterocycles. The van der Waals surface area contributed by atoms with Gasteiger partial charge in [0.05, 0.1) is 12.7 Å². The summed E-state index contributed by atoms with van der Waals surface area (Å²) in [5, 5.41) is 2.65. The van der Waals surface area contributed by atoms with Gasteiger partial charge in [-0.25, -0.2) is 9.59 Å². The molecule has 26 heavy (non-hydrogen) atoms. The number of amides is 1. The van der Waals surface area contributed by atoms with E-state index in [0.29, 0.717) is 18.5 Å². The molecule has 2 rings (SSSR count). The highest BCUT2D eigenvalue weighted by Gasteiger charge is 2.08. The van der Waals surface area contributed by atoms with Crippen LogP contribution in [0.3, 0.4) is 0 Å². The predicted molar refractivity (Wildman–Crippen MR) is 98.6 cm³/mol. The van der Waals surface area contributed by atoms with E-state index in [1.807, 2.05) is 49.4 Å². The normalized spacial score (nSPS) is 9.62. The minimum atomic E-state index is -0.473. The van der Waals surface area contributed by atoms with Crippen LogP contribution >= 0.6 is 0 Å². The fourth-order valence-electron chi connectivity index (χ4n) is 2.20. The predicted octanol–water partition coefficient (Wildman–Crippen LogP) is 3.45. The van der Waals surface area contributed by atoms with Crippen molar-refractivity contribution >= 4 is 12.1 Å². The Bertz CT molecular complexity index is 819. The van der Waals surface area contributed by atoms with Crippen LogP contribution in [0.1, 0.15) is 33.5 Å². The number of esters is 1. The Labute approximate surface area is 153 Å². The van der Waals surface area contributed by atoms with E-state index < -0.39 is 6.09 Å². The van der Waals surface area contributed by atoms with Crippen molar-refractivity contribution in [2.45, 2.75) is 20.0 Å². The van der Waals surface area contributed by atoms with E-state index in [9.17, 15) is 9.59 Å². The molecule has 1 N–H and O–H groups in total. The van der Waals surface area contributed by atoms with Crippen molar-refractivity contribution < 1.29 is 19.1 Å². The maximum atomic E-state index is 11.7. The summed E-state index contributed by atoms with van der Waals surface area (Å²) >= 11 is 0. The summed E-state index contributed by atoms with van der Waals surface area (Å²) in [6.45, 7) is 2.46. The molecule has 5 nitrogen and oxygen atoms in total. The summed E-state index contributed by atoms with van der Waals surface area (Å²) in [4.78, 5) is 23.3. The van der Waals surface area contributed by atoms with Crippen LogP contribution in [0.25, 0.3) is 0 Å². The standard InChI is InChI=1S/C21H21NO4/c1-16-11-12-17(14-19(16)20(23)25-2)8-6-7-13-22-21(24)26-15-18-9-4-3-5-10-18/h3-5,9-12,14H,7,13,15H2,1-2H3,(H,22,24). The summed E-state index contributed by atoms with van der Waals surface area (Å²) in [5.41, 5.74) is 3.00. The second kappa shape index (κ2) is 9.90. The van der Waals surface area contributed by atoms with Crippen LogP contribution < -0.4 is 5.32 Å². The molecule has 2 aromatic carbocycles. The van der Waals surface area contributed by atoms with Crippen LogP contribution in [-0.4, -0.2) is 25.7 Å². The Morgan fingerprint density at radius 2 is 1.88 bits per heavy atom. The van der Waals surface area contributed by atoms with Crippen LogP contribution in [0, 0.1) is 18.8 Å². The third-order valence-electron chi connectivity index (χ3n) is 3.61. The van der Waals surface area contributed by atoms with Gasteiger partial charge in [0.2, 0.25) is 0 Å². The molecule has 0 aromatic heterocycles. The van der Waals surface area contributed by atoms with Crippen molar-refractivity contribution in [1.29, 1.82) is 0 Å². The van der Waals surface area contributed by atoms with Crippen molar-refractivity contribution in [3.63, 3.8) is 0 Å². The number of benzene rings is 2. The molecule has 0 spiro atoms. The van der Waals surface area contributed by atoms with Crippen LogP contribution in [0.15, 0.2) is 48.5 Å². The number of nitrogens with one attached hydrogen (secondary N) is 1. The summed E-state index contributed by atoms with van der Waals surface area (Å²) < 4.78 is 9.86. The number of alkyl carbamates (subject to hydrolysis) is 1. The highest BCUT2D eigenvalue weighted by molar-refractivity contribution is 5.91. The van der Waals surface area contributed by atoms with E-state index in [1.165, 1.54) is 7.11 Å². The number of methoxy groups -OCH3 is 1. The zero-order valence-electron chi connectivity index (χ0n) is 14.9. The van der Waals surface area contributed by atoms with Crippen molar-refractivity contribution in [2.24, 2.45) is 0 Å². The molecule has 1 amide bonds. The number of hydrogen-bond acceptors (Lipinski definition) is 4. The molecule has 0 fully saturated rings. The molecule has 134 valence electrons. The molecule has 0 bridgehead atoms. The molecule has 0 radical (unpaired) electrons. The molecule has 0 atom stereocenters. The first-order chi connectivity index (χ1) is 12.6. The number of carbonyl (C=O) groups is 2. The SMILES string of the molecule is COC(=O)c1cc(C#CCCNC(=O)OCc2ccccc2)ccc1C. The lowest BCUT2D eigenvalue weighted by atomic mass is 10.1. The highest BCUT2D eigenvalue weighted by Crippen LogP contribution is 2.11. The van der Waals surface area contributed by atoms with Gasteiger partial charge in [-0.15, -0.1) is 0 Å². The van der Waals surface area contributed by atoms with Crippen LogP contribution in [0.4, 0.5) is 4.79 Å². The second-order valence-corrected chi connectivity index (χ2v) is 5.56. The molecule has 0 saturated heterocycles. The molecule has 5 heteroatoms. The first kappa shape index (κ1) is 19.1. The van der Waals surface area contributed by atoms with Gasteiger partial charge in [-0.2, -0.15) is 0 Å². The summed E-state index contributed by atoms with van der Waals surface area (Å²) in [6.07, 6.45) is 0.000899. The highest BCUT2D eigenvalue weighted by atomic mass is 16.5. The minimum Gasteiger partial charge on any atom is -0.465 e. The Kier molecular flexibility index (Phi) is 7.26. The number of rotatable bonds is 5. The van der Waals surface area contributed by atoms with Crippen molar-refractivity contribution in [1.82, 2.24) is 5.32 Å². The van der Waals surface area contributed by atoms with Gasteiger partial charge in [-0.3, -0.25) is 0 Å². The summed E-state index contributed by atoms with van der Waals surface area (Å²) in [7, 11) is 1.35. The molecule has 0 aliphatic carbocycles. The van der Waals surface area contributed by atoms with Gasteiger partial charge in [0.25, 0.3) is 0 Å². The molecular weight excluding hydrogens is 330 g/mol.